The second kappa shape index (κ2) is 9.95. The number of nitrogens with one attached hydrogen (secondary N) is 1. The summed E-state index contributed by atoms with van der Waals surface area (Å²) in [6, 6.07) is 22.3. The summed E-state index contributed by atoms with van der Waals surface area (Å²) < 4.78 is 6.57. The van der Waals surface area contributed by atoms with Gasteiger partial charge in [-0.15, -0.1) is 10.2 Å². The smallest absolute Gasteiger partial charge is 0.247 e. The van der Waals surface area contributed by atoms with Crippen LogP contribution >= 0.6 is 11.8 Å². The third-order valence-electron chi connectivity index (χ3n) is 6.60. The predicted octanol–water partition coefficient (Wildman–Crippen LogP) is 7.63. The van der Waals surface area contributed by atoms with Crippen LogP contribution in [-0.2, 0) is 16.6 Å². The number of ether oxygens (including phenoxy) is 1. The Morgan fingerprint density at radius 3 is 2.16 bits per heavy atom. The number of hydrogen-bond donors (Lipinski definition) is 2. The van der Waals surface area contributed by atoms with Crippen LogP contribution in [0.25, 0.3) is 11.3 Å². The fourth-order valence-electron chi connectivity index (χ4n) is 4.53. The van der Waals surface area contributed by atoms with Crippen molar-refractivity contribution in [3.63, 3.8) is 0 Å². The second-order valence-electron chi connectivity index (χ2n) is 11.7. The topological polar surface area (TPSA) is 80.2 Å². The molecular formula is C31H34N4O2S. The minimum atomic E-state index is -0.538. The number of aromatic nitrogens is 3. The molecule has 3 aromatic carbocycles. The molecule has 1 aliphatic rings. The van der Waals surface area contributed by atoms with Gasteiger partial charge in [-0.25, -0.2) is 0 Å². The third kappa shape index (κ3) is 5.34. The zero-order valence-electron chi connectivity index (χ0n) is 22.7. The van der Waals surface area contributed by atoms with E-state index in [9.17, 15) is 5.11 Å². The molecule has 38 heavy (non-hydrogen) atoms. The Hall–Kier alpha value is -3.58. The first-order valence-corrected chi connectivity index (χ1v) is 13.8. The Morgan fingerprint density at radius 2 is 1.50 bits per heavy atom. The van der Waals surface area contributed by atoms with E-state index in [0.717, 1.165) is 33.7 Å². The molecule has 0 saturated carbocycles. The molecule has 2 N–H and O–H groups in total. The lowest BCUT2D eigenvalue weighted by atomic mass is 9.78. The van der Waals surface area contributed by atoms with Crippen LogP contribution in [-0.4, -0.2) is 20.3 Å². The lowest BCUT2D eigenvalue weighted by Gasteiger charge is -2.30. The lowest BCUT2D eigenvalue weighted by Crippen LogP contribution is -2.22. The Bertz CT molecular complexity index is 1420. The zero-order chi connectivity index (χ0) is 27.1. The van der Waals surface area contributed by atoms with Gasteiger partial charge in [-0.1, -0.05) is 102 Å². The normalized spacial score (nSPS) is 15.1. The fraction of sp³-hybridized carbons (Fsp3) is 0.323. The number of hydrogen-bond acceptors (Lipinski definition) is 7. The fourth-order valence-corrected chi connectivity index (χ4v) is 5.27. The van der Waals surface area contributed by atoms with Crippen molar-refractivity contribution in [3.05, 3.63) is 89.0 Å². The summed E-state index contributed by atoms with van der Waals surface area (Å²) in [6.45, 7) is 12.7. The number of rotatable bonds is 4. The van der Waals surface area contributed by atoms with Crippen LogP contribution in [0, 0.1) is 0 Å². The van der Waals surface area contributed by atoms with E-state index in [1.165, 1.54) is 17.3 Å². The van der Waals surface area contributed by atoms with Crippen LogP contribution in [0.5, 0.6) is 11.6 Å². The molecule has 2 heterocycles. The van der Waals surface area contributed by atoms with E-state index in [-0.39, 0.29) is 10.8 Å². The Kier molecular flexibility index (Phi) is 6.82. The molecule has 0 radical (unpaired) electrons. The molecule has 6 nitrogen and oxygen atoms in total. The van der Waals surface area contributed by atoms with Gasteiger partial charge in [0, 0.05) is 33.7 Å². The van der Waals surface area contributed by atoms with E-state index in [2.05, 4.69) is 69.2 Å². The van der Waals surface area contributed by atoms with E-state index in [4.69, 9.17) is 9.72 Å². The number of nitrogens with zero attached hydrogens (tertiary/aromatic N) is 3. The van der Waals surface area contributed by atoms with E-state index in [1.54, 1.807) is 0 Å². The summed E-state index contributed by atoms with van der Waals surface area (Å²) in [5.41, 5.74) is 5.72. The van der Waals surface area contributed by atoms with Crippen LogP contribution in [0.1, 0.15) is 70.0 Å². The molecule has 0 unspecified atom stereocenters. The zero-order valence-corrected chi connectivity index (χ0v) is 23.6. The molecule has 7 heteroatoms. The van der Waals surface area contributed by atoms with Crippen molar-refractivity contribution in [2.24, 2.45) is 0 Å². The number of para-hydroxylation sites is 1. The quantitative estimate of drug-likeness (QED) is 0.265. The SMILES string of the molecule is CC(C)(C)c1cc([C@H]2Nc3ccccc3-c3nnc(SCc4ccccc4)nc3O2)cc(C(C)(C)C)c1O. The van der Waals surface area contributed by atoms with Crippen LogP contribution in [0.4, 0.5) is 5.69 Å². The van der Waals surface area contributed by atoms with Crippen molar-refractivity contribution in [3.8, 4) is 22.9 Å². The van der Waals surface area contributed by atoms with Crippen molar-refractivity contribution in [1.82, 2.24) is 15.2 Å². The molecule has 0 aliphatic carbocycles. The van der Waals surface area contributed by atoms with Gasteiger partial charge in [0.25, 0.3) is 0 Å². The molecule has 196 valence electrons. The molecule has 0 fully saturated rings. The van der Waals surface area contributed by atoms with E-state index in [0.29, 0.717) is 22.5 Å². The van der Waals surface area contributed by atoms with Crippen molar-refractivity contribution in [2.45, 2.75) is 69.5 Å². The molecule has 4 aromatic rings. The van der Waals surface area contributed by atoms with E-state index < -0.39 is 6.23 Å². The maximum Gasteiger partial charge on any atom is 0.247 e. The highest BCUT2D eigenvalue weighted by atomic mass is 32.2. The maximum atomic E-state index is 11.2. The number of benzene rings is 3. The van der Waals surface area contributed by atoms with E-state index in [1.807, 2.05) is 54.6 Å². The Balaban J connectivity index is 1.58. The van der Waals surface area contributed by atoms with Gasteiger partial charge < -0.3 is 15.2 Å². The predicted molar refractivity (Wildman–Crippen MR) is 154 cm³/mol. The van der Waals surface area contributed by atoms with Gasteiger partial charge in [0.2, 0.25) is 11.0 Å². The van der Waals surface area contributed by atoms with Crippen molar-refractivity contribution >= 4 is 17.4 Å². The number of phenolic OH excluding ortho intramolecular Hbond substituents is 1. The first-order chi connectivity index (χ1) is 18.0. The number of thioether (sulfide) groups is 1. The summed E-state index contributed by atoms with van der Waals surface area (Å²) in [4.78, 5) is 4.80. The number of fused-ring (bicyclic) bond motifs is 3. The first kappa shape index (κ1) is 26.0. The average Bonchev–Trinajstić information content (AvgIpc) is 3.03. The molecular weight excluding hydrogens is 492 g/mol. The monoisotopic (exact) mass is 526 g/mol. The van der Waals surface area contributed by atoms with Crippen LogP contribution in [0.2, 0.25) is 0 Å². The summed E-state index contributed by atoms with van der Waals surface area (Å²) in [5.74, 6) is 1.51. The third-order valence-corrected chi connectivity index (χ3v) is 7.50. The average molecular weight is 527 g/mol. The van der Waals surface area contributed by atoms with Crippen molar-refractivity contribution < 1.29 is 9.84 Å². The van der Waals surface area contributed by atoms with Crippen molar-refractivity contribution in [1.29, 1.82) is 0 Å². The van der Waals surface area contributed by atoms with Gasteiger partial charge in [0.1, 0.15) is 5.75 Å². The van der Waals surface area contributed by atoms with Gasteiger partial charge in [0.15, 0.2) is 11.9 Å². The van der Waals surface area contributed by atoms with Gasteiger partial charge >= 0.3 is 0 Å². The minimum absolute atomic E-state index is 0.258. The molecule has 0 bridgehead atoms. The molecule has 1 atom stereocenters. The molecule has 5 rings (SSSR count). The molecule has 0 amide bonds. The molecule has 1 aliphatic heterocycles. The number of phenols is 1. The molecule has 0 spiro atoms. The first-order valence-electron chi connectivity index (χ1n) is 12.8. The maximum absolute atomic E-state index is 11.2. The highest BCUT2D eigenvalue weighted by Gasteiger charge is 2.31. The summed E-state index contributed by atoms with van der Waals surface area (Å²) in [6.07, 6.45) is -0.538. The van der Waals surface area contributed by atoms with Gasteiger partial charge in [-0.05, 0) is 34.6 Å². The Morgan fingerprint density at radius 1 is 0.868 bits per heavy atom. The molecule has 1 aromatic heterocycles. The van der Waals surface area contributed by atoms with Gasteiger partial charge in [-0.3, -0.25) is 0 Å². The largest absolute Gasteiger partial charge is 0.507 e. The molecule has 0 saturated heterocycles. The highest BCUT2D eigenvalue weighted by Crippen LogP contribution is 2.44. The summed E-state index contributed by atoms with van der Waals surface area (Å²) in [7, 11) is 0. The minimum Gasteiger partial charge on any atom is -0.507 e. The number of aromatic hydroxyl groups is 1. The number of anilines is 1. The van der Waals surface area contributed by atoms with Gasteiger partial charge in [-0.2, -0.15) is 4.98 Å². The Labute approximate surface area is 228 Å². The summed E-state index contributed by atoms with van der Waals surface area (Å²) in [5, 5.41) is 24.3. The highest BCUT2D eigenvalue weighted by molar-refractivity contribution is 7.98. The van der Waals surface area contributed by atoms with Crippen LogP contribution in [0.15, 0.2) is 71.9 Å². The lowest BCUT2D eigenvalue weighted by molar-refractivity contribution is 0.224. The van der Waals surface area contributed by atoms with Gasteiger partial charge in [0.05, 0.1) is 0 Å². The van der Waals surface area contributed by atoms with Crippen LogP contribution < -0.4 is 10.1 Å². The van der Waals surface area contributed by atoms with E-state index >= 15 is 0 Å². The standard InChI is InChI=1S/C31H34N4O2S/c1-30(2,3)22-16-20(17-23(26(22)36)31(4,5)6)27-32-24-15-11-10-14-21(24)25-28(37-27)33-29(35-34-25)38-18-19-12-8-7-9-13-19/h7-17,27,32,36H,18H2,1-6H3/t27-/m0/s1. The van der Waals surface area contributed by atoms with Crippen molar-refractivity contribution in [2.75, 3.05) is 5.32 Å². The second-order valence-corrected chi connectivity index (χ2v) is 12.6. The van der Waals surface area contributed by atoms with Crippen LogP contribution in [0.3, 0.4) is 0 Å². The summed E-state index contributed by atoms with van der Waals surface area (Å²) >= 11 is 1.53.